The van der Waals surface area contributed by atoms with E-state index in [0.29, 0.717) is 30.3 Å². The molecule has 94 valence electrons. The van der Waals surface area contributed by atoms with Crippen molar-refractivity contribution >= 4 is 0 Å². The van der Waals surface area contributed by atoms with Gasteiger partial charge in [0.05, 0.1) is 37.1 Å². The molecule has 1 aliphatic heterocycles. The Morgan fingerprint density at radius 3 is 2.78 bits per heavy atom. The second-order valence-corrected chi connectivity index (χ2v) is 4.56. The molecular formula is C13H13FN2O2. The van der Waals surface area contributed by atoms with E-state index in [1.165, 1.54) is 6.07 Å². The van der Waals surface area contributed by atoms with Gasteiger partial charge >= 0.3 is 0 Å². The number of halogens is 1. The third-order valence-electron chi connectivity index (χ3n) is 3.30. The average molecular weight is 248 g/mol. The number of H-pyrrole nitrogens is 1. The summed E-state index contributed by atoms with van der Waals surface area (Å²) in [5.74, 6) is 0.352. The highest BCUT2D eigenvalue weighted by Gasteiger charge is 2.42. The number of benzene rings is 1. The number of aromatic amines is 1. The van der Waals surface area contributed by atoms with Gasteiger partial charge in [0.2, 0.25) is 0 Å². The minimum Gasteiger partial charge on any atom is -0.395 e. The molecule has 2 heterocycles. The van der Waals surface area contributed by atoms with Crippen LogP contribution in [0.15, 0.2) is 30.5 Å². The molecule has 1 fully saturated rings. The highest BCUT2D eigenvalue weighted by atomic mass is 19.1. The van der Waals surface area contributed by atoms with Gasteiger partial charge in [0.15, 0.2) is 0 Å². The number of ether oxygens (including phenoxy) is 1. The largest absolute Gasteiger partial charge is 0.395 e. The van der Waals surface area contributed by atoms with Gasteiger partial charge in [0, 0.05) is 5.56 Å². The molecule has 1 aromatic heterocycles. The van der Waals surface area contributed by atoms with Crippen LogP contribution in [0.3, 0.4) is 0 Å². The maximum atomic E-state index is 13.6. The monoisotopic (exact) mass is 248 g/mol. The Hall–Kier alpha value is -1.72. The Labute approximate surface area is 103 Å². The van der Waals surface area contributed by atoms with Gasteiger partial charge in [-0.05, 0) is 12.1 Å². The van der Waals surface area contributed by atoms with Crippen LogP contribution in [0.2, 0.25) is 0 Å². The molecule has 0 atom stereocenters. The SMILES string of the molecule is OCC1(c2ncc(-c3ccccc3F)[nH]2)COC1. The van der Waals surface area contributed by atoms with Gasteiger partial charge in [-0.25, -0.2) is 9.37 Å². The standard InChI is InChI=1S/C13H13FN2O2/c14-10-4-2-1-3-9(10)11-5-15-12(16-11)13(6-17)7-18-8-13/h1-5,17H,6-8H2,(H,15,16). The summed E-state index contributed by atoms with van der Waals surface area (Å²) in [5.41, 5.74) is 0.635. The Kier molecular flexibility index (Phi) is 2.65. The number of aliphatic hydroxyl groups is 1. The van der Waals surface area contributed by atoms with Crippen LogP contribution in [-0.2, 0) is 10.2 Å². The fraction of sp³-hybridized carbons (Fsp3) is 0.308. The molecule has 0 aliphatic carbocycles. The topological polar surface area (TPSA) is 58.1 Å². The third-order valence-corrected chi connectivity index (χ3v) is 3.30. The highest BCUT2D eigenvalue weighted by molar-refractivity contribution is 5.59. The van der Waals surface area contributed by atoms with Crippen molar-refractivity contribution in [3.05, 3.63) is 42.1 Å². The molecule has 3 rings (SSSR count). The van der Waals surface area contributed by atoms with Crippen LogP contribution in [0.1, 0.15) is 5.82 Å². The van der Waals surface area contributed by atoms with Gasteiger partial charge in [0.25, 0.3) is 0 Å². The summed E-state index contributed by atoms with van der Waals surface area (Å²) in [4.78, 5) is 7.31. The van der Waals surface area contributed by atoms with E-state index in [1.54, 1.807) is 24.4 Å². The maximum absolute atomic E-state index is 13.6. The van der Waals surface area contributed by atoms with Crippen molar-refractivity contribution in [2.24, 2.45) is 0 Å². The normalized spacial score (nSPS) is 17.4. The van der Waals surface area contributed by atoms with Crippen molar-refractivity contribution in [3.8, 4) is 11.3 Å². The van der Waals surface area contributed by atoms with Crippen LogP contribution >= 0.6 is 0 Å². The van der Waals surface area contributed by atoms with Gasteiger partial charge < -0.3 is 14.8 Å². The molecule has 0 saturated carbocycles. The number of hydrogen-bond donors (Lipinski definition) is 2. The quantitative estimate of drug-likeness (QED) is 0.865. The van der Waals surface area contributed by atoms with Gasteiger partial charge in [-0.2, -0.15) is 0 Å². The minimum atomic E-state index is -0.455. The number of nitrogens with zero attached hydrogens (tertiary/aromatic N) is 1. The first-order valence-corrected chi connectivity index (χ1v) is 5.74. The first-order valence-electron chi connectivity index (χ1n) is 5.74. The lowest BCUT2D eigenvalue weighted by molar-refractivity contribution is -0.0880. The zero-order valence-corrected chi connectivity index (χ0v) is 9.69. The van der Waals surface area contributed by atoms with Gasteiger partial charge in [-0.15, -0.1) is 0 Å². The number of aliphatic hydroxyl groups excluding tert-OH is 1. The first-order chi connectivity index (χ1) is 8.75. The van der Waals surface area contributed by atoms with Crippen LogP contribution in [0.4, 0.5) is 4.39 Å². The van der Waals surface area contributed by atoms with Gasteiger partial charge in [-0.1, -0.05) is 12.1 Å². The minimum absolute atomic E-state index is 0.0305. The summed E-state index contributed by atoms with van der Waals surface area (Å²) >= 11 is 0. The summed E-state index contributed by atoms with van der Waals surface area (Å²) < 4.78 is 18.8. The van der Waals surface area contributed by atoms with Crippen molar-refractivity contribution in [1.29, 1.82) is 0 Å². The lowest BCUT2D eigenvalue weighted by Gasteiger charge is -2.37. The molecule has 0 bridgehead atoms. The first kappa shape index (κ1) is 11.4. The molecule has 0 unspecified atom stereocenters. The van der Waals surface area contributed by atoms with Crippen LogP contribution in [0.5, 0.6) is 0 Å². The molecular weight excluding hydrogens is 235 g/mol. The van der Waals surface area contributed by atoms with Crippen molar-refractivity contribution in [1.82, 2.24) is 9.97 Å². The van der Waals surface area contributed by atoms with Crippen LogP contribution in [-0.4, -0.2) is 34.9 Å². The Balaban J connectivity index is 1.97. The van der Waals surface area contributed by atoms with E-state index in [0.717, 1.165) is 0 Å². The fourth-order valence-electron chi connectivity index (χ4n) is 2.06. The summed E-state index contributed by atoms with van der Waals surface area (Å²) in [6, 6.07) is 6.51. The van der Waals surface area contributed by atoms with Gasteiger partial charge in [-0.3, -0.25) is 0 Å². The van der Waals surface area contributed by atoms with Gasteiger partial charge in [0.1, 0.15) is 11.6 Å². The lowest BCUT2D eigenvalue weighted by atomic mass is 9.86. The summed E-state index contributed by atoms with van der Waals surface area (Å²) in [5, 5.41) is 9.41. The lowest BCUT2D eigenvalue weighted by Crippen LogP contribution is -2.50. The third kappa shape index (κ3) is 1.63. The van der Waals surface area contributed by atoms with E-state index in [4.69, 9.17) is 4.74 Å². The average Bonchev–Trinajstić information content (AvgIpc) is 2.79. The molecule has 18 heavy (non-hydrogen) atoms. The Bertz CT molecular complexity index is 558. The number of rotatable bonds is 3. The number of imidazole rings is 1. The van der Waals surface area contributed by atoms with E-state index in [-0.39, 0.29) is 12.4 Å². The summed E-state index contributed by atoms with van der Waals surface area (Å²) in [6.07, 6.45) is 1.59. The molecule has 2 N–H and O–H groups in total. The molecule has 0 radical (unpaired) electrons. The number of nitrogens with one attached hydrogen (secondary N) is 1. The summed E-state index contributed by atoms with van der Waals surface area (Å²) in [7, 11) is 0. The van der Waals surface area contributed by atoms with Crippen molar-refractivity contribution in [3.63, 3.8) is 0 Å². The Morgan fingerprint density at radius 1 is 1.39 bits per heavy atom. The molecule has 0 amide bonds. The zero-order valence-electron chi connectivity index (χ0n) is 9.69. The molecule has 5 heteroatoms. The predicted octanol–water partition coefficient (Wildman–Crippen LogP) is 1.48. The molecule has 1 aliphatic rings. The summed E-state index contributed by atoms with van der Waals surface area (Å²) in [6.45, 7) is 0.846. The number of aromatic nitrogens is 2. The molecule has 1 saturated heterocycles. The molecule has 1 aromatic carbocycles. The van der Waals surface area contributed by atoms with E-state index in [2.05, 4.69) is 9.97 Å². The molecule has 2 aromatic rings. The predicted molar refractivity (Wildman–Crippen MR) is 63.6 cm³/mol. The van der Waals surface area contributed by atoms with E-state index >= 15 is 0 Å². The Morgan fingerprint density at radius 2 is 2.17 bits per heavy atom. The van der Waals surface area contributed by atoms with Crippen LogP contribution in [0, 0.1) is 5.82 Å². The van der Waals surface area contributed by atoms with E-state index in [9.17, 15) is 9.50 Å². The van der Waals surface area contributed by atoms with Crippen molar-refractivity contribution < 1.29 is 14.2 Å². The second kappa shape index (κ2) is 4.19. The van der Waals surface area contributed by atoms with Crippen LogP contribution < -0.4 is 0 Å². The zero-order chi connectivity index (χ0) is 12.6. The van der Waals surface area contributed by atoms with Crippen molar-refractivity contribution in [2.75, 3.05) is 19.8 Å². The highest BCUT2D eigenvalue weighted by Crippen LogP contribution is 2.31. The van der Waals surface area contributed by atoms with Crippen molar-refractivity contribution in [2.45, 2.75) is 5.41 Å². The second-order valence-electron chi connectivity index (χ2n) is 4.56. The number of hydrogen-bond acceptors (Lipinski definition) is 3. The maximum Gasteiger partial charge on any atom is 0.132 e. The van der Waals surface area contributed by atoms with E-state index < -0.39 is 5.41 Å². The molecule has 0 spiro atoms. The molecule has 4 nitrogen and oxygen atoms in total. The smallest absolute Gasteiger partial charge is 0.132 e. The van der Waals surface area contributed by atoms with E-state index in [1.807, 2.05) is 0 Å². The fourth-order valence-corrected chi connectivity index (χ4v) is 2.06. The van der Waals surface area contributed by atoms with Crippen LogP contribution in [0.25, 0.3) is 11.3 Å².